The molecule has 13 nitrogen and oxygen atoms in total. The Morgan fingerprint density at radius 1 is 1.32 bits per heavy atom. The molecule has 2 aromatic heterocycles. The van der Waals surface area contributed by atoms with Gasteiger partial charge in [0.15, 0.2) is 17.7 Å². The number of fused-ring (bicyclic) bond motifs is 1. The van der Waals surface area contributed by atoms with Crippen LogP contribution < -0.4 is 15.3 Å². The summed E-state index contributed by atoms with van der Waals surface area (Å²) < 4.78 is 51.6. The molecule has 0 bridgehead atoms. The highest BCUT2D eigenvalue weighted by Crippen LogP contribution is 2.49. The molecule has 1 unspecified atom stereocenters. The summed E-state index contributed by atoms with van der Waals surface area (Å²) >= 11 is 0. The van der Waals surface area contributed by atoms with Gasteiger partial charge in [-0.15, -0.1) is 0 Å². The summed E-state index contributed by atoms with van der Waals surface area (Å²) in [7, 11) is -3.13. The lowest BCUT2D eigenvalue weighted by Gasteiger charge is -2.29. The second-order valence-electron chi connectivity index (χ2n) is 9.05. The maximum atomic E-state index is 14.7. The molecule has 0 spiro atoms. The summed E-state index contributed by atoms with van der Waals surface area (Å²) in [4.78, 5) is 19.8. The topological polar surface area (TPSA) is 180 Å². The van der Waals surface area contributed by atoms with E-state index in [0.717, 1.165) is 12.5 Å². The number of halogens is 1. The molecule has 5 N–H and O–H groups in total. The van der Waals surface area contributed by atoms with E-state index in [0.29, 0.717) is 0 Å². The molecule has 3 aromatic rings. The van der Waals surface area contributed by atoms with Gasteiger partial charge in [-0.3, -0.25) is 13.9 Å². The summed E-state index contributed by atoms with van der Waals surface area (Å²) in [6.45, 7) is 4.13. The van der Waals surface area contributed by atoms with Crippen molar-refractivity contribution in [2.24, 2.45) is 0 Å². The van der Waals surface area contributed by atoms with Crippen LogP contribution in [0.5, 0.6) is 5.75 Å². The van der Waals surface area contributed by atoms with Crippen LogP contribution in [0.3, 0.4) is 0 Å². The van der Waals surface area contributed by atoms with Gasteiger partial charge in [0, 0.05) is 6.20 Å². The van der Waals surface area contributed by atoms with Crippen LogP contribution in [0.2, 0.25) is 0 Å². The van der Waals surface area contributed by atoms with Crippen LogP contribution in [0.1, 0.15) is 27.0 Å². The first-order chi connectivity index (χ1) is 17.9. The van der Waals surface area contributed by atoms with Gasteiger partial charge in [0.25, 0.3) is 0 Å². The van der Waals surface area contributed by atoms with Crippen molar-refractivity contribution in [2.75, 3.05) is 12.8 Å². The third-order valence-electron chi connectivity index (χ3n) is 6.18. The Hall–Kier alpha value is -3.13. The van der Waals surface area contributed by atoms with Crippen molar-refractivity contribution < 1.29 is 42.5 Å². The Balaban J connectivity index is 1.62. The van der Waals surface area contributed by atoms with Crippen LogP contribution in [-0.2, 0) is 23.4 Å². The van der Waals surface area contributed by atoms with Crippen LogP contribution >= 0.6 is 7.75 Å². The molecular weight excluding hydrogens is 524 g/mol. The van der Waals surface area contributed by atoms with E-state index in [9.17, 15) is 24.0 Å². The highest BCUT2D eigenvalue weighted by Gasteiger charge is 2.56. The molecular formula is C23H29FN5O8P. The molecule has 4 rings (SSSR count). The number of esters is 1. The van der Waals surface area contributed by atoms with Gasteiger partial charge in [-0.05, 0) is 32.9 Å². The molecule has 206 valence electrons. The summed E-state index contributed by atoms with van der Waals surface area (Å²) in [5.41, 5.74) is 3.84. The number of carbonyl (C=O) groups excluding carboxylic acids is 1. The monoisotopic (exact) mass is 553 g/mol. The predicted octanol–water partition coefficient (Wildman–Crippen LogP) is 1.91. The standard InChI is InChI=1S/C23H29FN5O8P/c1-12(21(31)34-4)28-38(33,37-14-8-6-5-7-9-14)36-13(2)17-18(30)23(3,32)22(35-17)29-10-15(24)16-19(25)26-11-27-20(16)29/h5-13,17-18,22,30,32H,1-4H3,(H,28,33)(H2,25,26,27)/t12-,13-,17+,18+,22+,23+,38?/m0/s1. The Bertz CT molecular complexity index is 1360. The average Bonchev–Trinajstić information content (AvgIpc) is 3.32. The zero-order valence-electron chi connectivity index (χ0n) is 21.0. The highest BCUT2D eigenvalue weighted by atomic mass is 31.2. The van der Waals surface area contributed by atoms with Gasteiger partial charge < -0.3 is 29.9 Å². The molecule has 0 saturated carbocycles. The Morgan fingerprint density at radius 2 is 2.00 bits per heavy atom. The number of aliphatic hydroxyl groups is 2. The van der Waals surface area contributed by atoms with E-state index in [2.05, 4.69) is 19.8 Å². The molecule has 0 radical (unpaired) electrons. The lowest BCUT2D eigenvalue weighted by atomic mass is 9.94. The van der Waals surface area contributed by atoms with Crippen molar-refractivity contribution in [1.82, 2.24) is 19.6 Å². The number of aromatic nitrogens is 3. The second-order valence-corrected chi connectivity index (χ2v) is 10.7. The van der Waals surface area contributed by atoms with Crippen LogP contribution in [0.15, 0.2) is 42.9 Å². The van der Waals surface area contributed by atoms with Gasteiger partial charge >= 0.3 is 13.7 Å². The summed E-state index contributed by atoms with van der Waals surface area (Å²) in [6, 6.07) is 7.00. The van der Waals surface area contributed by atoms with Crippen LogP contribution in [-0.4, -0.2) is 67.8 Å². The maximum absolute atomic E-state index is 14.7. The zero-order chi connectivity index (χ0) is 27.8. The number of benzene rings is 1. The van der Waals surface area contributed by atoms with Crippen molar-refractivity contribution in [3.05, 3.63) is 48.7 Å². The fourth-order valence-corrected chi connectivity index (χ4v) is 5.93. The van der Waals surface area contributed by atoms with Gasteiger partial charge in [0.05, 0.1) is 18.6 Å². The molecule has 0 aliphatic carbocycles. The van der Waals surface area contributed by atoms with Gasteiger partial charge in [-0.2, -0.15) is 5.09 Å². The number of hydrogen-bond donors (Lipinski definition) is 4. The third kappa shape index (κ3) is 5.23. The van der Waals surface area contributed by atoms with E-state index in [-0.39, 0.29) is 22.6 Å². The second kappa shape index (κ2) is 10.6. The summed E-state index contributed by atoms with van der Waals surface area (Å²) in [5.74, 6) is -1.40. The number of aliphatic hydroxyl groups excluding tert-OH is 1. The minimum absolute atomic E-state index is 0.0355. The van der Waals surface area contributed by atoms with Crippen LogP contribution in [0.25, 0.3) is 11.0 Å². The molecule has 3 heterocycles. The number of methoxy groups -OCH3 is 1. The van der Waals surface area contributed by atoms with Crippen LogP contribution in [0.4, 0.5) is 10.2 Å². The highest BCUT2D eigenvalue weighted by molar-refractivity contribution is 7.52. The largest absolute Gasteiger partial charge is 0.468 e. The average molecular weight is 553 g/mol. The van der Waals surface area contributed by atoms with Crippen molar-refractivity contribution in [3.63, 3.8) is 0 Å². The first-order valence-corrected chi connectivity index (χ1v) is 13.1. The first kappa shape index (κ1) is 27.9. The first-order valence-electron chi connectivity index (χ1n) is 11.6. The number of para-hydroxylation sites is 1. The van der Waals surface area contributed by atoms with Crippen LogP contribution in [0, 0.1) is 5.82 Å². The normalized spacial score (nSPS) is 26.6. The zero-order valence-corrected chi connectivity index (χ0v) is 21.9. The number of anilines is 1. The lowest BCUT2D eigenvalue weighted by molar-refractivity contribution is -0.142. The Kier molecular flexibility index (Phi) is 7.75. The smallest absolute Gasteiger partial charge is 0.459 e. The molecule has 15 heteroatoms. The maximum Gasteiger partial charge on any atom is 0.459 e. The number of nitrogens with zero attached hydrogens (tertiary/aromatic N) is 3. The molecule has 1 fully saturated rings. The van der Waals surface area contributed by atoms with Gasteiger partial charge in [0.1, 0.15) is 41.7 Å². The number of carbonyl (C=O) groups is 1. The van der Waals surface area contributed by atoms with Crippen molar-refractivity contribution in [2.45, 2.75) is 57.0 Å². The van der Waals surface area contributed by atoms with E-state index in [4.69, 9.17) is 19.5 Å². The van der Waals surface area contributed by atoms with Gasteiger partial charge in [-0.1, -0.05) is 18.2 Å². The van der Waals surface area contributed by atoms with Gasteiger partial charge in [0.2, 0.25) is 0 Å². The van der Waals surface area contributed by atoms with Crippen molar-refractivity contribution in [3.8, 4) is 5.75 Å². The lowest BCUT2D eigenvalue weighted by Crippen LogP contribution is -2.46. The molecule has 1 saturated heterocycles. The molecule has 1 aliphatic heterocycles. The predicted molar refractivity (Wildman–Crippen MR) is 132 cm³/mol. The minimum Gasteiger partial charge on any atom is -0.468 e. The molecule has 1 aromatic carbocycles. The molecule has 0 amide bonds. The van der Waals surface area contributed by atoms with Crippen molar-refractivity contribution in [1.29, 1.82) is 0 Å². The number of ether oxygens (including phenoxy) is 2. The molecule has 1 aliphatic rings. The fourth-order valence-electron chi connectivity index (χ4n) is 4.24. The quantitative estimate of drug-likeness (QED) is 0.224. The molecule has 7 atom stereocenters. The van der Waals surface area contributed by atoms with E-state index < -0.39 is 55.7 Å². The number of nitrogens with two attached hydrogens (primary N) is 1. The number of nitrogens with one attached hydrogen (secondary N) is 1. The Morgan fingerprint density at radius 3 is 2.66 bits per heavy atom. The molecule has 38 heavy (non-hydrogen) atoms. The Labute approximate surface area is 217 Å². The van der Waals surface area contributed by atoms with E-state index in [1.807, 2.05) is 0 Å². The number of nitrogen functional groups attached to an aromatic ring is 1. The van der Waals surface area contributed by atoms with Crippen molar-refractivity contribution >= 4 is 30.6 Å². The van der Waals surface area contributed by atoms with E-state index in [1.54, 1.807) is 18.2 Å². The number of rotatable bonds is 9. The van der Waals surface area contributed by atoms with Gasteiger partial charge in [-0.25, -0.2) is 18.9 Å². The summed E-state index contributed by atoms with van der Waals surface area (Å²) in [5, 5.41) is 24.6. The van der Waals surface area contributed by atoms with E-state index in [1.165, 1.54) is 44.6 Å². The van der Waals surface area contributed by atoms with E-state index >= 15 is 0 Å². The minimum atomic E-state index is -4.30. The SMILES string of the molecule is COC(=O)[C@H](C)NP(=O)(Oc1ccccc1)O[C@@H](C)[C@H]1O[C@@H](n2cc(F)c3c(N)ncnc32)[C@](C)(O)[C@@H]1O. The third-order valence-corrected chi connectivity index (χ3v) is 7.95. The fraction of sp³-hybridized carbons (Fsp3) is 0.435. The summed E-state index contributed by atoms with van der Waals surface area (Å²) in [6.07, 6.45) is -3.24. The number of hydrogen-bond acceptors (Lipinski definition) is 11.